The second-order valence-corrected chi connectivity index (χ2v) is 2.54. The van der Waals surface area contributed by atoms with Gasteiger partial charge in [0.05, 0.1) is 12.2 Å². The Morgan fingerprint density at radius 2 is 2.50 bits per heavy atom. The van der Waals surface area contributed by atoms with Gasteiger partial charge in [-0.2, -0.15) is 5.10 Å². The summed E-state index contributed by atoms with van der Waals surface area (Å²) in [6.45, 7) is 0. The monoisotopic (exact) mass is 132 g/mol. The van der Waals surface area contributed by atoms with Crippen molar-refractivity contribution in [1.29, 1.82) is 0 Å². The molecule has 0 amide bonds. The van der Waals surface area contributed by atoms with Gasteiger partial charge in [0, 0.05) is 0 Å². The predicted molar refractivity (Wildman–Crippen MR) is 38.4 cm³/mol. The molecule has 0 bridgehead atoms. The van der Waals surface area contributed by atoms with Crippen molar-refractivity contribution in [1.82, 2.24) is 9.78 Å². The zero-order valence-electron chi connectivity index (χ0n) is 5.62. The van der Waals surface area contributed by atoms with Gasteiger partial charge in [-0.15, -0.1) is 6.42 Å². The summed E-state index contributed by atoms with van der Waals surface area (Å²) in [5, 5.41) is 4.12. The van der Waals surface area contributed by atoms with E-state index in [1.807, 2.05) is 10.7 Å². The van der Waals surface area contributed by atoms with E-state index in [2.05, 4.69) is 11.0 Å². The van der Waals surface area contributed by atoms with Gasteiger partial charge >= 0.3 is 0 Å². The molecule has 0 atom stereocenters. The Morgan fingerprint density at radius 3 is 3.10 bits per heavy atom. The number of nitrogens with zero attached hydrogens (tertiary/aromatic N) is 2. The van der Waals surface area contributed by atoms with E-state index in [9.17, 15) is 0 Å². The highest BCUT2D eigenvalue weighted by atomic mass is 15.3. The lowest BCUT2D eigenvalue weighted by Crippen LogP contribution is -1.98. The number of terminal acetylenes is 1. The Hall–Kier alpha value is -1.23. The number of hydrogen-bond donors (Lipinski definition) is 0. The SMILES string of the molecule is C#Cc1ccnn1C1CC1. The standard InChI is InChI=1S/C8H8N2/c1-2-7-5-6-9-10(7)8-3-4-8/h1,5-6,8H,3-4H2. The van der Waals surface area contributed by atoms with Gasteiger partial charge in [0.15, 0.2) is 0 Å². The molecule has 2 rings (SSSR count). The van der Waals surface area contributed by atoms with Crippen LogP contribution in [0.2, 0.25) is 0 Å². The molecule has 0 unspecified atom stereocenters. The fourth-order valence-electron chi connectivity index (χ4n) is 1.04. The van der Waals surface area contributed by atoms with Gasteiger partial charge in [0.2, 0.25) is 0 Å². The van der Waals surface area contributed by atoms with Gasteiger partial charge in [0.25, 0.3) is 0 Å². The van der Waals surface area contributed by atoms with Crippen molar-refractivity contribution in [2.75, 3.05) is 0 Å². The molecule has 0 spiro atoms. The largest absolute Gasteiger partial charge is 0.254 e. The van der Waals surface area contributed by atoms with Gasteiger partial charge in [-0.25, -0.2) is 0 Å². The van der Waals surface area contributed by atoms with E-state index >= 15 is 0 Å². The summed E-state index contributed by atoms with van der Waals surface area (Å²) < 4.78 is 1.93. The lowest BCUT2D eigenvalue weighted by molar-refractivity contribution is 0.634. The quantitative estimate of drug-likeness (QED) is 0.525. The molecule has 1 fully saturated rings. The third-order valence-corrected chi connectivity index (χ3v) is 1.71. The third kappa shape index (κ3) is 0.714. The van der Waals surface area contributed by atoms with E-state index in [1.54, 1.807) is 6.20 Å². The molecule has 2 nitrogen and oxygen atoms in total. The second kappa shape index (κ2) is 1.88. The molecule has 0 radical (unpaired) electrons. The van der Waals surface area contributed by atoms with Crippen LogP contribution in [0.1, 0.15) is 24.6 Å². The first-order valence-electron chi connectivity index (χ1n) is 3.42. The lowest BCUT2D eigenvalue weighted by Gasteiger charge is -1.96. The van der Waals surface area contributed by atoms with Gasteiger partial charge in [0.1, 0.15) is 5.69 Å². The summed E-state index contributed by atoms with van der Waals surface area (Å²) >= 11 is 0. The zero-order valence-corrected chi connectivity index (χ0v) is 5.62. The summed E-state index contributed by atoms with van der Waals surface area (Å²) in [6, 6.07) is 2.47. The Bertz CT molecular complexity index is 276. The number of rotatable bonds is 1. The van der Waals surface area contributed by atoms with Gasteiger partial charge < -0.3 is 0 Å². The Kier molecular flexibility index (Phi) is 1.04. The number of hydrogen-bond acceptors (Lipinski definition) is 1. The van der Waals surface area contributed by atoms with Crippen LogP contribution < -0.4 is 0 Å². The minimum absolute atomic E-state index is 0.598. The maximum atomic E-state index is 5.25. The molecule has 1 aromatic heterocycles. The molecule has 0 saturated heterocycles. The van der Waals surface area contributed by atoms with E-state index in [0.29, 0.717) is 6.04 Å². The molecule has 1 saturated carbocycles. The normalized spacial score (nSPS) is 16.7. The molecule has 0 aliphatic heterocycles. The van der Waals surface area contributed by atoms with Gasteiger partial charge in [-0.05, 0) is 18.9 Å². The van der Waals surface area contributed by atoms with Crippen LogP contribution in [0, 0.1) is 12.3 Å². The van der Waals surface area contributed by atoms with Crippen molar-refractivity contribution in [2.24, 2.45) is 0 Å². The zero-order chi connectivity index (χ0) is 6.97. The molecule has 50 valence electrons. The van der Waals surface area contributed by atoms with Crippen LogP contribution in [0.4, 0.5) is 0 Å². The fraction of sp³-hybridized carbons (Fsp3) is 0.375. The topological polar surface area (TPSA) is 17.8 Å². The second-order valence-electron chi connectivity index (χ2n) is 2.54. The Balaban J connectivity index is 2.40. The minimum Gasteiger partial charge on any atom is -0.254 e. The smallest absolute Gasteiger partial charge is 0.111 e. The molecule has 10 heavy (non-hydrogen) atoms. The first-order chi connectivity index (χ1) is 4.92. The Morgan fingerprint density at radius 1 is 1.70 bits per heavy atom. The molecule has 1 heterocycles. The van der Waals surface area contributed by atoms with Crippen molar-refractivity contribution >= 4 is 0 Å². The number of aromatic nitrogens is 2. The average molecular weight is 132 g/mol. The first-order valence-corrected chi connectivity index (χ1v) is 3.42. The van der Waals surface area contributed by atoms with Gasteiger partial charge in [-0.3, -0.25) is 4.68 Å². The molecular formula is C8H8N2. The first kappa shape index (κ1) is 5.55. The summed E-state index contributed by atoms with van der Waals surface area (Å²) in [7, 11) is 0. The average Bonchev–Trinajstić information content (AvgIpc) is 2.69. The van der Waals surface area contributed by atoms with E-state index < -0.39 is 0 Å². The van der Waals surface area contributed by atoms with Crippen molar-refractivity contribution < 1.29 is 0 Å². The maximum Gasteiger partial charge on any atom is 0.111 e. The van der Waals surface area contributed by atoms with Gasteiger partial charge in [-0.1, -0.05) is 5.92 Å². The Labute approximate surface area is 59.9 Å². The summed E-state index contributed by atoms with van der Waals surface area (Å²) in [5.41, 5.74) is 0.905. The van der Waals surface area contributed by atoms with E-state index in [-0.39, 0.29) is 0 Å². The molecule has 0 aromatic carbocycles. The van der Waals surface area contributed by atoms with Crippen LogP contribution in [0.25, 0.3) is 0 Å². The highest BCUT2D eigenvalue weighted by molar-refractivity contribution is 5.24. The van der Waals surface area contributed by atoms with Crippen molar-refractivity contribution in [3.05, 3.63) is 18.0 Å². The molecule has 0 N–H and O–H groups in total. The fourth-order valence-corrected chi connectivity index (χ4v) is 1.04. The van der Waals surface area contributed by atoms with Crippen LogP contribution >= 0.6 is 0 Å². The molecule has 1 aromatic rings. The van der Waals surface area contributed by atoms with Crippen molar-refractivity contribution in [2.45, 2.75) is 18.9 Å². The predicted octanol–water partition coefficient (Wildman–Crippen LogP) is 1.20. The van der Waals surface area contributed by atoms with Crippen molar-refractivity contribution in [3.63, 3.8) is 0 Å². The maximum absolute atomic E-state index is 5.25. The molecule has 2 heteroatoms. The summed E-state index contributed by atoms with van der Waals surface area (Å²) in [6.07, 6.45) is 9.47. The molecular weight excluding hydrogens is 124 g/mol. The summed E-state index contributed by atoms with van der Waals surface area (Å²) in [5.74, 6) is 2.60. The lowest BCUT2D eigenvalue weighted by atomic mass is 10.4. The highest BCUT2D eigenvalue weighted by Crippen LogP contribution is 2.34. The van der Waals surface area contributed by atoms with Crippen LogP contribution in [0.5, 0.6) is 0 Å². The van der Waals surface area contributed by atoms with Crippen LogP contribution in [-0.4, -0.2) is 9.78 Å². The van der Waals surface area contributed by atoms with Crippen molar-refractivity contribution in [3.8, 4) is 12.3 Å². The van der Waals surface area contributed by atoms with Crippen LogP contribution in [0.3, 0.4) is 0 Å². The van der Waals surface area contributed by atoms with E-state index in [0.717, 1.165) is 5.69 Å². The van der Waals surface area contributed by atoms with Crippen LogP contribution in [0.15, 0.2) is 12.3 Å². The minimum atomic E-state index is 0.598. The molecule has 1 aliphatic carbocycles. The van der Waals surface area contributed by atoms with E-state index in [1.165, 1.54) is 12.8 Å². The highest BCUT2D eigenvalue weighted by Gasteiger charge is 2.25. The van der Waals surface area contributed by atoms with Crippen LogP contribution in [-0.2, 0) is 0 Å². The third-order valence-electron chi connectivity index (χ3n) is 1.71. The summed E-state index contributed by atoms with van der Waals surface area (Å²) in [4.78, 5) is 0. The van der Waals surface area contributed by atoms with E-state index in [4.69, 9.17) is 6.42 Å². The molecule has 1 aliphatic rings.